The highest BCUT2D eigenvalue weighted by Gasteiger charge is 2.37. The highest BCUT2D eigenvalue weighted by Crippen LogP contribution is 2.32. The molecule has 2 aromatic rings. The van der Waals surface area contributed by atoms with Crippen molar-refractivity contribution in [3.8, 4) is 6.07 Å². The van der Waals surface area contributed by atoms with Gasteiger partial charge in [-0.2, -0.15) is 5.26 Å². The fourth-order valence-corrected chi connectivity index (χ4v) is 2.98. The predicted molar refractivity (Wildman–Crippen MR) is 79.0 cm³/mol. The molecule has 5 heteroatoms. The first-order chi connectivity index (χ1) is 10.1. The first-order valence-electron chi connectivity index (χ1n) is 6.91. The van der Waals surface area contributed by atoms with Crippen LogP contribution in [0.25, 0.3) is 10.9 Å². The van der Waals surface area contributed by atoms with Crippen molar-refractivity contribution in [2.24, 2.45) is 5.92 Å². The van der Waals surface area contributed by atoms with Gasteiger partial charge in [0, 0.05) is 18.0 Å². The molecule has 2 atom stereocenters. The molecule has 0 radical (unpaired) electrons. The number of fused-ring (bicyclic) bond motifs is 1. The lowest BCUT2D eigenvalue weighted by atomic mass is 10.0. The maximum Gasteiger partial charge on any atom is 0.308 e. The Balaban J connectivity index is 2.08. The van der Waals surface area contributed by atoms with Gasteiger partial charge in [-0.25, -0.2) is 4.98 Å². The minimum atomic E-state index is -0.788. The minimum absolute atomic E-state index is 0.164. The number of para-hydroxylation sites is 1. The van der Waals surface area contributed by atoms with Crippen molar-refractivity contribution in [1.82, 2.24) is 4.98 Å². The van der Waals surface area contributed by atoms with Crippen molar-refractivity contribution in [1.29, 1.82) is 5.26 Å². The summed E-state index contributed by atoms with van der Waals surface area (Å²) in [5.74, 6) is -0.610. The summed E-state index contributed by atoms with van der Waals surface area (Å²) in [6.45, 7) is 2.49. The Kier molecular flexibility index (Phi) is 3.22. The van der Waals surface area contributed by atoms with Crippen LogP contribution in [-0.2, 0) is 4.79 Å². The van der Waals surface area contributed by atoms with E-state index in [9.17, 15) is 15.2 Å². The Morgan fingerprint density at radius 2 is 2.24 bits per heavy atom. The van der Waals surface area contributed by atoms with E-state index >= 15 is 0 Å². The molecule has 1 aliphatic rings. The van der Waals surface area contributed by atoms with Gasteiger partial charge in [-0.3, -0.25) is 4.79 Å². The van der Waals surface area contributed by atoms with Gasteiger partial charge in [0.1, 0.15) is 11.9 Å². The van der Waals surface area contributed by atoms with Crippen molar-refractivity contribution < 1.29 is 9.90 Å². The van der Waals surface area contributed by atoms with Crippen LogP contribution in [0.1, 0.15) is 18.9 Å². The van der Waals surface area contributed by atoms with Crippen LogP contribution in [0.2, 0.25) is 0 Å². The highest BCUT2D eigenvalue weighted by atomic mass is 16.4. The van der Waals surface area contributed by atoms with Gasteiger partial charge in [-0.1, -0.05) is 18.2 Å². The predicted octanol–water partition coefficient (Wildman–Crippen LogP) is 2.41. The SMILES string of the molecule is CC1C(C(=O)O)CCN1c1nc2ccccc2cc1C#N. The summed E-state index contributed by atoms with van der Waals surface area (Å²) in [6, 6.07) is 11.5. The number of rotatable bonds is 2. The van der Waals surface area contributed by atoms with Crippen LogP contribution in [0.4, 0.5) is 5.82 Å². The quantitative estimate of drug-likeness (QED) is 0.914. The number of nitriles is 1. The zero-order chi connectivity index (χ0) is 15.0. The standard InChI is InChI=1S/C16H15N3O2/c1-10-13(16(20)21)6-7-19(10)15-12(9-17)8-11-4-2-3-5-14(11)18-15/h2-5,8,10,13H,6-7H2,1H3,(H,20,21). The maximum atomic E-state index is 11.2. The highest BCUT2D eigenvalue weighted by molar-refractivity contribution is 5.83. The molecule has 106 valence electrons. The second kappa shape index (κ2) is 5.06. The summed E-state index contributed by atoms with van der Waals surface area (Å²) >= 11 is 0. The third kappa shape index (κ3) is 2.19. The summed E-state index contributed by atoms with van der Waals surface area (Å²) < 4.78 is 0. The molecule has 0 saturated carbocycles. The molecule has 5 nitrogen and oxygen atoms in total. The number of hydrogen-bond donors (Lipinski definition) is 1. The fraction of sp³-hybridized carbons (Fsp3) is 0.312. The Morgan fingerprint density at radius 3 is 2.90 bits per heavy atom. The number of nitrogens with zero attached hydrogens (tertiary/aromatic N) is 3. The number of pyridine rings is 1. The molecule has 0 bridgehead atoms. The monoisotopic (exact) mass is 281 g/mol. The number of benzene rings is 1. The molecule has 1 N–H and O–H groups in total. The molecule has 2 unspecified atom stereocenters. The van der Waals surface area contributed by atoms with E-state index in [1.807, 2.05) is 42.2 Å². The molecule has 21 heavy (non-hydrogen) atoms. The van der Waals surface area contributed by atoms with E-state index in [0.717, 1.165) is 10.9 Å². The van der Waals surface area contributed by atoms with Crippen molar-refractivity contribution in [2.75, 3.05) is 11.4 Å². The Hall–Kier alpha value is -2.61. The summed E-state index contributed by atoms with van der Waals surface area (Å²) in [5, 5.41) is 19.5. The largest absolute Gasteiger partial charge is 0.481 e. The molecule has 1 saturated heterocycles. The first-order valence-corrected chi connectivity index (χ1v) is 6.91. The van der Waals surface area contributed by atoms with Crippen molar-refractivity contribution in [3.63, 3.8) is 0 Å². The molecule has 0 aliphatic carbocycles. The summed E-state index contributed by atoms with van der Waals surface area (Å²) in [7, 11) is 0. The number of anilines is 1. The van der Waals surface area contributed by atoms with E-state index in [2.05, 4.69) is 11.1 Å². The van der Waals surface area contributed by atoms with Crippen LogP contribution >= 0.6 is 0 Å². The third-order valence-electron chi connectivity index (χ3n) is 4.17. The van der Waals surface area contributed by atoms with E-state index < -0.39 is 11.9 Å². The number of aliphatic carboxylic acids is 1. The van der Waals surface area contributed by atoms with Crippen LogP contribution in [0, 0.1) is 17.2 Å². The van der Waals surface area contributed by atoms with Gasteiger partial charge >= 0.3 is 5.97 Å². The fourth-order valence-electron chi connectivity index (χ4n) is 2.98. The number of hydrogen-bond acceptors (Lipinski definition) is 4. The van der Waals surface area contributed by atoms with Crippen LogP contribution in [0.5, 0.6) is 0 Å². The van der Waals surface area contributed by atoms with E-state index in [1.165, 1.54) is 0 Å². The topological polar surface area (TPSA) is 77.2 Å². The van der Waals surface area contributed by atoms with E-state index in [0.29, 0.717) is 24.3 Å². The summed E-state index contributed by atoms with van der Waals surface area (Å²) in [6.07, 6.45) is 0.579. The van der Waals surface area contributed by atoms with Crippen LogP contribution in [0.3, 0.4) is 0 Å². The number of aromatic nitrogens is 1. The van der Waals surface area contributed by atoms with Crippen molar-refractivity contribution in [2.45, 2.75) is 19.4 Å². The van der Waals surface area contributed by atoms with Gasteiger partial charge in [-0.05, 0) is 25.5 Å². The average Bonchev–Trinajstić information content (AvgIpc) is 2.87. The van der Waals surface area contributed by atoms with Gasteiger partial charge < -0.3 is 10.0 Å². The van der Waals surface area contributed by atoms with E-state index in [-0.39, 0.29) is 6.04 Å². The second-order valence-corrected chi connectivity index (χ2v) is 5.33. The number of carboxylic acids is 1. The van der Waals surface area contributed by atoms with Crippen molar-refractivity contribution in [3.05, 3.63) is 35.9 Å². The first kappa shape index (κ1) is 13.4. The third-order valence-corrected chi connectivity index (χ3v) is 4.17. The smallest absolute Gasteiger partial charge is 0.308 e. The van der Waals surface area contributed by atoms with Crippen LogP contribution in [0.15, 0.2) is 30.3 Å². The average molecular weight is 281 g/mol. The molecule has 2 heterocycles. The Labute approximate surface area is 122 Å². The molecule has 1 aromatic carbocycles. The zero-order valence-corrected chi connectivity index (χ0v) is 11.7. The van der Waals surface area contributed by atoms with Gasteiger partial charge in [0.15, 0.2) is 0 Å². The van der Waals surface area contributed by atoms with Gasteiger partial charge in [0.05, 0.1) is 17.0 Å². The summed E-state index contributed by atoms with van der Waals surface area (Å²) in [5.41, 5.74) is 1.31. The Bertz CT molecular complexity index is 751. The lowest BCUT2D eigenvalue weighted by molar-refractivity contribution is -0.141. The molecular weight excluding hydrogens is 266 g/mol. The van der Waals surface area contributed by atoms with Gasteiger partial charge in [0.2, 0.25) is 0 Å². The molecule has 1 aliphatic heterocycles. The lowest BCUT2D eigenvalue weighted by Gasteiger charge is -2.25. The van der Waals surface area contributed by atoms with Gasteiger partial charge in [0.25, 0.3) is 0 Å². The molecule has 0 spiro atoms. The van der Waals surface area contributed by atoms with Crippen LogP contribution < -0.4 is 4.90 Å². The molecule has 1 fully saturated rings. The Morgan fingerprint density at radius 1 is 1.48 bits per heavy atom. The minimum Gasteiger partial charge on any atom is -0.481 e. The van der Waals surface area contributed by atoms with Gasteiger partial charge in [-0.15, -0.1) is 0 Å². The normalized spacial score (nSPS) is 21.4. The number of carbonyl (C=O) groups is 1. The second-order valence-electron chi connectivity index (χ2n) is 5.33. The lowest BCUT2D eigenvalue weighted by Crippen LogP contribution is -2.34. The molecule has 1 aromatic heterocycles. The molecule has 3 rings (SSSR count). The molecule has 0 amide bonds. The maximum absolute atomic E-state index is 11.2. The number of carboxylic acid groups (broad SMARTS) is 1. The van der Waals surface area contributed by atoms with Crippen LogP contribution in [-0.4, -0.2) is 28.6 Å². The van der Waals surface area contributed by atoms with E-state index in [4.69, 9.17) is 0 Å². The molecular formula is C16H15N3O2. The van der Waals surface area contributed by atoms with Crippen molar-refractivity contribution >= 4 is 22.7 Å². The zero-order valence-electron chi connectivity index (χ0n) is 11.7. The van der Waals surface area contributed by atoms with E-state index in [1.54, 1.807) is 0 Å². The summed E-state index contributed by atoms with van der Waals surface area (Å²) in [4.78, 5) is 17.8.